The maximum Gasteiger partial charge on any atom is 0.119 e. The molecule has 1 atom stereocenters. The molecule has 0 aliphatic heterocycles. The molecule has 0 fully saturated rings. The first-order chi connectivity index (χ1) is 7.17. The van der Waals surface area contributed by atoms with Gasteiger partial charge in [-0.25, -0.2) is 0 Å². The van der Waals surface area contributed by atoms with Crippen LogP contribution in [0.25, 0.3) is 0 Å². The predicted molar refractivity (Wildman–Crippen MR) is 57.6 cm³/mol. The first-order valence-electron chi connectivity index (χ1n) is 5.03. The van der Waals surface area contributed by atoms with Crippen LogP contribution in [-0.2, 0) is 12.8 Å². The summed E-state index contributed by atoms with van der Waals surface area (Å²) in [6.07, 6.45) is 2.23. The molecule has 2 rings (SSSR count). The summed E-state index contributed by atoms with van der Waals surface area (Å²) in [6, 6.07) is 8.16. The van der Waals surface area contributed by atoms with Crippen molar-refractivity contribution in [2.75, 3.05) is 7.11 Å². The minimum absolute atomic E-state index is 0.642. The van der Waals surface area contributed by atoms with Crippen LogP contribution < -0.4 is 10.5 Å². The Morgan fingerprint density at radius 2 is 2.27 bits per heavy atom. The van der Waals surface area contributed by atoms with E-state index in [4.69, 9.17) is 15.7 Å². The van der Waals surface area contributed by atoms with E-state index in [1.54, 1.807) is 7.11 Å². The maximum atomic E-state index is 8.98. The zero-order chi connectivity index (χ0) is 10.9. The van der Waals surface area contributed by atoms with Gasteiger partial charge in [0.15, 0.2) is 0 Å². The summed E-state index contributed by atoms with van der Waals surface area (Å²) in [5.41, 5.74) is 7.70. The van der Waals surface area contributed by atoms with Gasteiger partial charge in [0.25, 0.3) is 0 Å². The number of nitrogens with zero attached hydrogens (tertiary/aromatic N) is 1. The molecule has 0 aromatic heterocycles. The molecule has 0 bridgehead atoms. The van der Waals surface area contributed by atoms with Crippen molar-refractivity contribution in [1.29, 1.82) is 5.26 Å². The Morgan fingerprint density at radius 1 is 1.47 bits per heavy atom. The standard InChI is InChI=1S/C12H14N2O/c1-15-11-3-2-10-7-12(14,8-13)5-4-9(10)6-11/h2-3,6H,4-5,7,14H2,1H3. The second kappa shape index (κ2) is 3.56. The second-order valence-electron chi connectivity index (χ2n) is 4.08. The molecule has 0 spiro atoms. The second-order valence-corrected chi connectivity index (χ2v) is 4.08. The number of rotatable bonds is 1. The molecule has 1 aromatic rings. The molecule has 1 unspecified atom stereocenters. The topological polar surface area (TPSA) is 59.0 Å². The van der Waals surface area contributed by atoms with Crippen molar-refractivity contribution >= 4 is 0 Å². The molecule has 3 nitrogen and oxygen atoms in total. The molecule has 1 aliphatic rings. The van der Waals surface area contributed by atoms with E-state index < -0.39 is 5.54 Å². The molecule has 3 heteroatoms. The third kappa shape index (κ3) is 1.81. The van der Waals surface area contributed by atoms with Crippen molar-refractivity contribution in [3.8, 4) is 11.8 Å². The molecular formula is C12H14N2O. The molecule has 78 valence electrons. The lowest BCUT2D eigenvalue weighted by atomic mass is 9.79. The highest BCUT2D eigenvalue weighted by atomic mass is 16.5. The molecule has 15 heavy (non-hydrogen) atoms. The minimum atomic E-state index is -0.679. The normalized spacial score (nSPS) is 24.1. The van der Waals surface area contributed by atoms with Gasteiger partial charge in [-0.05, 0) is 36.1 Å². The molecule has 0 radical (unpaired) electrons. The van der Waals surface area contributed by atoms with Gasteiger partial charge in [-0.3, -0.25) is 0 Å². The smallest absolute Gasteiger partial charge is 0.119 e. The van der Waals surface area contributed by atoms with Gasteiger partial charge in [0.05, 0.1) is 13.2 Å². The van der Waals surface area contributed by atoms with E-state index in [0.29, 0.717) is 6.42 Å². The van der Waals surface area contributed by atoms with Gasteiger partial charge in [-0.1, -0.05) is 6.07 Å². The Labute approximate surface area is 89.5 Å². The first-order valence-corrected chi connectivity index (χ1v) is 5.03. The Hall–Kier alpha value is -1.53. The third-order valence-electron chi connectivity index (χ3n) is 2.98. The molecule has 0 saturated carbocycles. The Kier molecular flexibility index (Phi) is 2.37. The summed E-state index contributed by atoms with van der Waals surface area (Å²) >= 11 is 0. The number of hydrogen-bond donors (Lipinski definition) is 1. The SMILES string of the molecule is COc1ccc2c(c1)CCC(N)(C#N)C2. The lowest BCUT2D eigenvalue weighted by Crippen LogP contribution is -2.43. The van der Waals surface area contributed by atoms with Crippen LogP contribution in [-0.4, -0.2) is 12.6 Å². The quantitative estimate of drug-likeness (QED) is 0.749. The number of nitriles is 1. The van der Waals surface area contributed by atoms with Crippen molar-refractivity contribution in [3.63, 3.8) is 0 Å². The summed E-state index contributed by atoms with van der Waals surface area (Å²) in [5, 5.41) is 8.98. The molecular weight excluding hydrogens is 188 g/mol. The van der Waals surface area contributed by atoms with Gasteiger partial charge in [-0.2, -0.15) is 5.26 Å². The molecule has 0 amide bonds. The summed E-state index contributed by atoms with van der Waals surface area (Å²) in [7, 11) is 1.66. The van der Waals surface area contributed by atoms with E-state index in [1.807, 2.05) is 18.2 Å². The number of ether oxygens (including phenoxy) is 1. The fraction of sp³-hybridized carbons (Fsp3) is 0.417. The number of nitrogens with two attached hydrogens (primary N) is 1. The largest absolute Gasteiger partial charge is 0.497 e. The van der Waals surface area contributed by atoms with Crippen LogP contribution in [0.4, 0.5) is 0 Å². The van der Waals surface area contributed by atoms with Crippen molar-refractivity contribution in [2.45, 2.75) is 24.8 Å². The highest BCUT2D eigenvalue weighted by molar-refractivity contribution is 5.40. The third-order valence-corrected chi connectivity index (χ3v) is 2.98. The molecule has 1 aromatic carbocycles. The highest BCUT2D eigenvalue weighted by Gasteiger charge is 2.30. The maximum absolute atomic E-state index is 8.98. The molecule has 2 N–H and O–H groups in total. The zero-order valence-electron chi connectivity index (χ0n) is 8.79. The number of benzene rings is 1. The Bertz CT molecular complexity index is 422. The van der Waals surface area contributed by atoms with Gasteiger partial charge < -0.3 is 10.5 Å². The lowest BCUT2D eigenvalue weighted by molar-refractivity contribution is 0.411. The molecule has 1 aliphatic carbocycles. The number of fused-ring (bicyclic) bond motifs is 1. The van der Waals surface area contributed by atoms with Crippen LogP contribution in [0.3, 0.4) is 0 Å². The Balaban J connectivity index is 2.33. The zero-order valence-corrected chi connectivity index (χ0v) is 8.79. The van der Waals surface area contributed by atoms with Gasteiger partial charge >= 0.3 is 0 Å². The summed E-state index contributed by atoms with van der Waals surface area (Å²) in [4.78, 5) is 0. The summed E-state index contributed by atoms with van der Waals surface area (Å²) in [5.74, 6) is 0.871. The number of hydrogen-bond acceptors (Lipinski definition) is 3. The Morgan fingerprint density at radius 3 is 2.93 bits per heavy atom. The monoisotopic (exact) mass is 202 g/mol. The molecule has 0 heterocycles. The predicted octanol–water partition coefficient (Wildman–Crippen LogP) is 1.40. The summed E-state index contributed by atoms with van der Waals surface area (Å²) in [6.45, 7) is 0. The van der Waals surface area contributed by atoms with E-state index in [2.05, 4.69) is 6.07 Å². The average molecular weight is 202 g/mol. The van der Waals surface area contributed by atoms with Crippen LogP contribution in [0.1, 0.15) is 17.5 Å². The van der Waals surface area contributed by atoms with Crippen LogP contribution in [0.5, 0.6) is 5.75 Å². The molecule has 0 saturated heterocycles. The van der Waals surface area contributed by atoms with E-state index in [0.717, 1.165) is 18.6 Å². The van der Waals surface area contributed by atoms with Crippen LogP contribution in [0.2, 0.25) is 0 Å². The minimum Gasteiger partial charge on any atom is -0.497 e. The fourth-order valence-corrected chi connectivity index (χ4v) is 2.02. The van der Waals surface area contributed by atoms with Gasteiger partial charge in [-0.15, -0.1) is 0 Å². The number of aryl methyl sites for hydroxylation is 1. The van der Waals surface area contributed by atoms with Gasteiger partial charge in [0.2, 0.25) is 0 Å². The highest BCUT2D eigenvalue weighted by Crippen LogP contribution is 2.29. The van der Waals surface area contributed by atoms with Crippen molar-refractivity contribution < 1.29 is 4.74 Å². The van der Waals surface area contributed by atoms with Crippen molar-refractivity contribution in [1.82, 2.24) is 0 Å². The van der Waals surface area contributed by atoms with Crippen LogP contribution in [0.15, 0.2) is 18.2 Å². The van der Waals surface area contributed by atoms with Crippen LogP contribution in [0, 0.1) is 11.3 Å². The number of methoxy groups -OCH3 is 1. The van der Waals surface area contributed by atoms with Crippen molar-refractivity contribution in [3.05, 3.63) is 29.3 Å². The lowest BCUT2D eigenvalue weighted by Gasteiger charge is -2.28. The first kappa shape index (κ1) is 10.0. The van der Waals surface area contributed by atoms with Crippen molar-refractivity contribution in [2.24, 2.45) is 5.73 Å². The average Bonchev–Trinajstić information content (AvgIpc) is 2.28. The van der Waals surface area contributed by atoms with Gasteiger partial charge in [0, 0.05) is 6.42 Å². The van der Waals surface area contributed by atoms with E-state index in [9.17, 15) is 0 Å². The van der Waals surface area contributed by atoms with E-state index >= 15 is 0 Å². The fourth-order valence-electron chi connectivity index (χ4n) is 2.02. The summed E-state index contributed by atoms with van der Waals surface area (Å²) < 4.78 is 5.16. The van der Waals surface area contributed by atoms with E-state index in [-0.39, 0.29) is 0 Å². The van der Waals surface area contributed by atoms with Gasteiger partial charge in [0.1, 0.15) is 11.3 Å². The van der Waals surface area contributed by atoms with E-state index in [1.165, 1.54) is 11.1 Å². The van der Waals surface area contributed by atoms with Crippen LogP contribution >= 0.6 is 0 Å².